The second-order valence-electron chi connectivity index (χ2n) is 14.5. The van der Waals surface area contributed by atoms with Gasteiger partial charge in [-0.1, -0.05) is 136 Å². The summed E-state index contributed by atoms with van der Waals surface area (Å²) in [5, 5.41) is 20.7. The van der Waals surface area contributed by atoms with Gasteiger partial charge in [-0.25, -0.2) is 0 Å². The number of nitrogens with zero attached hydrogens (tertiary/aromatic N) is 2. The molecule has 0 atom stereocenters. The van der Waals surface area contributed by atoms with Crippen molar-refractivity contribution in [2.75, 3.05) is 0 Å². The van der Waals surface area contributed by atoms with Gasteiger partial charge in [0.1, 0.15) is 0 Å². The van der Waals surface area contributed by atoms with Gasteiger partial charge in [0.25, 0.3) is 0 Å². The smallest absolute Gasteiger partial charge is 0.165 e. The normalized spacial score (nSPS) is 11.9. The molecule has 2 N–H and O–H groups in total. The molecule has 0 heterocycles. The van der Waals surface area contributed by atoms with E-state index in [2.05, 4.69) is 90.9 Å². The zero-order valence-corrected chi connectivity index (χ0v) is 34.4. The number of unbranched alkanes of at least 4 members (excludes halogenated alkanes) is 8. The van der Waals surface area contributed by atoms with Crippen LogP contribution in [-0.4, -0.2) is 21.6 Å². The van der Waals surface area contributed by atoms with Crippen LogP contribution in [0, 0.1) is 0 Å². The number of fused-ring (bicyclic) bond motifs is 1. The highest BCUT2D eigenvalue weighted by Crippen LogP contribution is 2.34. The molecule has 0 saturated heterocycles. The Kier molecular flexibility index (Phi) is 20.0. The fourth-order valence-corrected chi connectivity index (χ4v) is 7.06. The minimum Gasteiger partial charge on any atom is -0.504 e. The Hall–Kier alpha value is -3.92. The number of aromatic hydroxyl groups is 2. The minimum absolute atomic E-state index is 0.0282. The first-order chi connectivity index (χ1) is 25.8. The fourth-order valence-electron chi connectivity index (χ4n) is 7.06. The molecule has 0 saturated carbocycles. The average Bonchev–Trinajstić information content (AvgIpc) is 3.19. The monoisotopic (exact) mass is 719 g/mol. The van der Waals surface area contributed by atoms with E-state index in [0.29, 0.717) is 5.39 Å². The summed E-state index contributed by atoms with van der Waals surface area (Å²) < 4.78 is 0. The summed E-state index contributed by atoms with van der Waals surface area (Å²) in [7, 11) is 0. The zero-order valence-electron chi connectivity index (χ0n) is 34.4. The van der Waals surface area contributed by atoms with Gasteiger partial charge in [-0.2, -0.15) is 0 Å². The number of hydrogen-bond donors (Lipinski definition) is 2. The van der Waals surface area contributed by atoms with Gasteiger partial charge in [0.15, 0.2) is 11.5 Å². The van der Waals surface area contributed by atoms with Gasteiger partial charge >= 0.3 is 0 Å². The van der Waals surface area contributed by atoms with Gasteiger partial charge in [-0.3, -0.25) is 9.98 Å². The van der Waals surface area contributed by atoms with Gasteiger partial charge < -0.3 is 10.2 Å². The molecule has 53 heavy (non-hydrogen) atoms. The van der Waals surface area contributed by atoms with Gasteiger partial charge in [0, 0.05) is 5.39 Å². The lowest BCUT2D eigenvalue weighted by Gasteiger charge is -2.14. The first-order valence-electron chi connectivity index (χ1n) is 21.1. The van der Waals surface area contributed by atoms with Crippen molar-refractivity contribution in [3.8, 4) is 11.5 Å². The van der Waals surface area contributed by atoms with E-state index in [0.717, 1.165) is 61.7 Å². The molecule has 0 spiro atoms. The van der Waals surface area contributed by atoms with Crippen molar-refractivity contribution in [3.05, 3.63) is 94.5 Å². The maximum Gasteiger partial charge on any atom is 0.165 e. The molecule has 0 radical (unpaired) electrons. The molecule has 0 aliphatic carbocycles. The summed E-state index contributed by atoms with van der Waals surface area (Å²) in [5.41, 5.74) is 11.6. The predicted molar refractivity (Wildman–Crippen MR) is 233 cm³/mol. The summed E-state index contributed by atoms with van der Waals surface area (Å²) in [5.74, 6) is -0.0895. The van der Waals surface area contributed by atoms with Crippen LogP contribution in [0.3, 0.4) is 0 Å². The molecule has 0 aliphatic rings. The standard InChI is InChI=1S/C35H54N2.C14H16O2/c1-7-13-15-16-17-19-21-35(37-33-25-23-29(10-4)31(12-6)27-33)34(20-18-14-8-2)36-32-24-22-28(9-3)30(11-5)26-32;1-2-3-4-10-5-7-12-11(9-10)6-8-13(15)14(12)16/h22-27H,7-21H2,1-6H3;5-9,15-16H,2-4H2,1H3. The molecule has 0 unspecified atom stereocenters. The average molecular weight is 719 g/mol. The van der Waals surface area contributed by atoms with E-state index < -0.39 is 0 Å². The first kappa shape index (κ1) is 43.5. The third-order valence-electron chi connectivity index (χ3n) is 10.4. The largest absolute Gasteiger partial charge is 0.504 e. The third kappa shape index (κ3) is 14.1. The van der Waals surface area contributed by atoms with Crippen molar-refractivity contribution in [2.45, 2.75) is 164 Å². The van der Waals surface area contributed by atoms with Crippen LogP contribution in [0.1, 0.15) is 160 Å². The van der Waals surface area contributed by atoms with E-state index in [4.69, 9.17) is 9.98 Å². The van der Waals surface area contributed by atoms with Crippen LogP contribution in [0.5, 0.6) is 11.5 Å². The minimum atomic E-state index is -0.0613. The summed E-state index contributed by atoms with van der Waals surface area (Å²) >= 11 is 0. The number of phenols is 2. The van der Waals surface area contributed by atoms with Gasteiger partial charge in [0.2, 0.25) is 0 Å². The number of hydrogen-bond acceptors (Lipinski definition) is 4. The van der Waals surface area contributed by atoms with Crippen LogP contribution in [0.15, 0.2) is 76.7 Å². The maximum atomic E-state index is 9.68. The van der Waals surface area contributed by atoms with E-state index in [1.165, 1.54) is 116 Å². The van der Waals surface area contributed by atoms with Crippen molar-refractivity contribution in [3.63, 3.8) is 0 Å². The molecule has 0 aromatic heterocycles. The molecule has 0 amide bonds. The van der Waals surface area contributed by atoms with Crippen LogP contribution >= 0.6 is 0 Å². The second-order valence-corrected chi connectivity index (χ2v) is 14.5. The van der Waals surface area contributed by atoms with E-state index >= 15 is 0 Å². The highest BCUT2D eigenvalue weighted by molar-refractivity contribution is 6.43. The molecule has 0 fully saturated rings. The molecule has 0 aliphatic heterocycles. The van der Waals surface area contributed by atoms with Crippen LogP contribution in [-0.2, 0) is 32.1 Å². The lowest BCUT2D eigenvalue weighted by atomic mass is 9.99. The predicted octanol–water partition coefficient (Wildman–Crippen LogP) is 14.7. The second kappa shape index (κ2) is 24.4. The SMILES string of the molecule is CCCCCCCCC(=Nc1ccc(CC)c(CC)c1)C(CCCCC)=Nc1ccc(CC)c(CC)c1.CCCCc1ccc2c(O)c(O)ccc2c1. The molecule has 0 bridgehead atoms. The number of phenolic OH excluding ortho intramolecular Hbond substituents is 2. The van der Waals surface area contributed by atoms with Crippen molar-refractivity contribution in [2.24, 2.45) is 9.98 Å². The number of rotatable bonds is 21. The Bertz CT molecular complexity index is 1730. The fraction of sp³-hybridized carbons (Fsp3) is 0.510. The van der Waals surface area contributed by atoms with Crippen LogP contribution in [0.25, 0.3) is 10.8 Å². The Morgan fingerprint density at radius 2 is 0.962 bits per heavy atom. The summed E-state index contributed by atoms with van der Waals surface area (Å²) in [6.45, 7) is 15.7. The molecule has 4 rings (SSSR count). The molecule has 288 valence electrons. The van der Waals surface area contributed by atoms with Crippen molar-refractivity contribution in [1.82, 2.24) is 0 Å². The Morgan fingerprint density at radius 1 is 0.472 bits per heavy atom. The molecule has 4 aromatic carbocycles. The highest BCUT2D eigenvalue weighted by atomic mass is 16.3. The molecule has 4 heteroatoms. The van der Waals surface area contributed by atoms with Crippen molar-refractivity contribution < 1.29 is 10.2 Å². The number of aryl methyl sites for hydroxylation is 5. The van der Waals surface area contributed by atoms with Gasteiger partial charge in [-0.05, 0) is 128 Å². The van der Waals surface area contributed by atoms with Crippen molar-refractivity contribution >= 4 is 33.6 Å². The Balaban J connectivity index is 0.000000390. The van der Waals surface area contributed by atoms with Gasteiger partial charge in [-0.15, -0.1) is 0 Å². The lowest BCUT2D eigenvalue weighted by Crippen LogP contribution is -2.14. The Morgan fingerprint density at radius 3 is 1.49 bits per heavy atom. The molecule has 4 aromatic rings. The topological polar surface area (TPSA) is 65.2 Å². The zero-order chi connectivity index (χ0) is 38.4. The molecule has 4 nitrogen and oxygen atoms in total. The maximum absolute atomic E-state index is 9.68. The van der Waals surface area contributed by atoms with E-state index in [1.807, 2.05) is 18.2 Å². The van der Waals surface area contributed by atoms with E-state index in [9.17, 15) is 10.2 Å². The summed E-state index contributed by atoms with van der Waals surface area (Å²) in [6.07, 6.45) is 21.1. The van der Waals surface area contributed by atoms with Gasteiger partial charge in [0.05, 0.1) is 22.8 Å². The third-order valence-corrected chi connectivity index (χ3v) is 10.4. The number of aliphatic imine (C=N–C) groups is 2. The quantitative estimate of drug-likeness (QED) is 0.0512. The molecular weight excluding hydrogens is 649 g/mol. The van der Waals surface area contributed by atoms with E-state index in [-0.39, 0.29) is 11.5 Å². The number of benzene rings is 4. The lowest BCUT2D eigenvalue weighted by molar-refractivity contribution is 0.408. The van der Waals surface area contributed by atoms with Crippen LogP contribution in [0.4, 0.5) is 11.4 Å². The summed E-state index contributed by atoms with van der Waals surface area (Å²) in [6, 6.07) is 22.9. The molecular formula is C49H70N2O2. The van der Waals surface area contributed by atoms with Crippen LogP contribution in [0.2, 0.25) is 0 Å². The Labute approximate surface area is 322 Å². The summed E-state index contributed by atoms with van der Waals surface area (Å²) in [4.78, 5) is 10.6. The highest BCUT2D eigenvalue weighted by Gasteiger charge is 2.13. The van der Waals surface area contributed by atoms with Crippen LogP contribution < -0.4 is 0 Å². The van der Waals surface area contributed by atoms with E-state index in [1.54, 1.807) is 0 Å². The van der Waals surface area contributed by atoms with Crippen molar-refractivity contribution in [1.29, 1.82) is 0 Å². The first-order valence-corrected chi connectivity index (χ1v) is 21.1.